The van der Waals surface area contributed by atoms with Crippen molar-refractivity contribution < 1.29 is 9.53 Å². The molecule has 98 valence electrons. The average molecular weight is 313 g/mol. The number of carbonyl (C=O) groups excluding carboxylic acids is 1. The van der Waals surface area contributed by atoms with E-state index in [1.807, 2.05) is 29.2 Å². The maximum atomic E-state index is 12.2. The van der Waals surface area contributed by atoms with Crippen LogP contribution in [0.15, 0.2) is 24.3 Å². The van der Waals surface area contributed by atoms with Crippen molar-refractivity contribution in [3.63, 3.8) is 0 Å². The fraction of sp³-hybridized carbons (Fsp3) is 0.462. The number of nitrogens with zero attached hydrogens (tertiary/aromatic N) is 2. The highest BCUT2D eigenvalue weighted by atomic mass is 79.9. The van der Waals surface area contributed by atoms with E-state index in [-0.39, 0.29) is 5.91 Å². The first-order chi connectivity index (χ1) is 8.70. The highest BCUT2D eigenvalue weighted by Crippen LogP contribution is 2.15. The van der Waals surface area contributed by atoms with Gasteiger partial charge in [-0.15, -0.1) is 0 Å². The Hall–Kier alpha value is -1.07. The summed E-state index contributed by atoms with van der Waals surface area (Å²) < 4.78 is 5.29. The first-order valence-corrected chi connectivity index (χ1v) is 7.09. The Morgan fingerprint density at radius 1 is 1.22 bits per heavy atom. The van der Waals surface area contributed by atoms with Crippen LogP contribution in [-0.2, 0) is 0 Å². The molecule has 1 amide bonds. The van der Waals surface area contributed by atoms with Gasteiger partial charge >= 0.3 is 0 Å². The summed E-state index contributed by atoms with van der Waals surface area (Å²) in [6.45, 7) is 3.48. The predicted octanol–water partition coefficient (Wildman–Crippen LogP) is 1.81. The fourth-order valence-electron chi connectivity index (χ4n) is 1.95. The van der Waals surface area contributed by atoms with E-state index in [2.05, 4.69) is 27.9 Å². The summed E-state index contributed by atoms with van der Waals surface area (Å²) in [6.07, 6.45) is 0. The largest absolute Gasteiger partial charge is 0.482 e. The topological polar surface area (TPSA) is 32.8 Å². The van der Waals surface area contributed by atoms with Crippen LogP contribution in [0.3, 0.4) is 0 Å². The minimum Gasteiger partial charge on any atom is -0.482 e. The number of rotatable bonds is 3. The molecule has 0 aromatic heterocycles. The second-order valence-electron chi connectivity index (χ2n) is 4.37. The molecule has 0 saturated carbocycles. The normalized spacial score (nSPS) is 16.7. The van der Waals surface area contributed by atoms with E-state index in [1.54, 1.807) is 0 Å². The van der Waals surface area contributed by atoms with Crippen LogP contribution in [0, 0.1) is 0 Å². The first kappa shape index (κ1) is 13.4. The molecular formula is C13H17BrN2O2. The smallest absolute Gasteiger partial charge is 0.253 e. The van der Waals surface area contributed by atoms with Gasteiger partial charge in [0.1, 0.15) is 11.3 Å². The van der Waals surface area contributed by atoms with Crippen LogP contribution >= 0.6 is 15.9 Å². The first-order valence-electron chi connectivity index (χ1n) is 5.97. The van der Waals surface area contributed by atoms with Crippen molar-refractivity contribution in [2.45, 2.75) is 0 Å². The molecule has 0 unspecified atom stereocenters. The highest BCUT2D eigenvalue weighted by molar-refractivity contribution is 9.09. The van der Waals surface area contributed by atoms with Crippen LogP contribution in [0.4, 0.5) is 0 Å². The maximum absolute atomic E-state index is 12.2. The molecule has 18 heavy (non-hydrogen) atoms. The highest BCUT2D eigenvalue weighted by Gasteiger charge is 2.20. The molecule has 0 bridgehead atoms. The molecule has 0 spiro atoms. The molecule has 0 atom stereocenters. The van der Waals surface area contributed by atoms with Gasteiger partial charge in [-0.05, 0) is 47.2 Å². The second kappa shape index (κ2) is 6.20. The summed E-state index contributed by atoms with van der Waals surface area (Å²) in [5, 5.41) is 0. The lowest BCUT2D eigenvalue weighted by molar-refractivity contribution is 0.0664. The molecule has 0 radical (unpaired) electrons. The summed E-state index contributed by atoms with van der Waals surface area (Å²) in [5.41, 5.74) is 1.18. The van der Waals surface area contributed by atoms with Crippen LogP contribution in [0.25, 0.3) is 0 Å². The van der Waals surface area contributed by atoms with Crippen molar-refractivity contribution in [1.82, 2.24) is 9.80 Å². The SMILES string of the molecule is CN1CCN(C(=O)c2ccc(OCBr)cc2)CC1. The van der Waals surface area contributed by atoms with Gasteiger partial charge in [-0.2, -0.15) is 0 Å². The van der Waals surface area contributed by atoms with E-state index in [0.29, 0.717) is 5.52 Å². The molecular weight excluding hydrogens is 296 g/mol. The minimum absolute atomic E-state index is 0.105. The number of ether oxygens (including phenoxy) is 1. The van der Waals surface area contributed by atoms with Gasteiger partial charge in [0.25, 0.3) is 5.91 Å². The average Bonchev–Trinajstić information content (AvgIpc) is 2.40. The van der Waals surface area contributed by atoms with Gasteiger partial charge in [-0.3, -0.25) is 4.79 Å². The number of likely N-dealkylation sites (N-methyl/N-ethyl adjacent to an activating group) is 1. The van der Waals surface area contributed by atoms with Crippen molar-refractivity contribution in [3.8, 4) is 5.75 Å². The Bertz CT molecular complexity index is 400. The number of hydrogen-bond donors (Lipinski definition) is 0. The van der Waals surface area contributed by atoms with Crippen molar-refractivity contribution >= 4 is 21.8 Å². The van der Waals surface area contributed by atoms with Gasteiger partial charge in [0.2, 0.25) is 0 Å². The molecule has 4 nitrogen and oxygen atoms in total. The lowest BCUT2D eigenvalue weighted by Gasteiger charge is -2.32. The fourth-order valence-corrected chi connectivity index (χ4v) is 2.21. The predicted molar refractivity (Wildman–Crippen MR) is 74.3 cm³/mol. The molecule has 1 fully saturated rings. The van der Waals surface area contributed by atoms with Crippen molar-refractivity contribution in [2.75, 3.05) is 38.7 Å². The minimum atomic E-state index is 0.105. The number of amides is 1. The third kappa shape index (κ3) is 3.23. The molecule has 1 aromatic rings. The van der Waals surface area contributed by atoms with Gasteiger partial charge in [-0.1, -0.05) is 0 Å². The quantitative estimate of drug-likeness (QED) is 0.798. The third-order valence-electron chi connectivity index (χ3n) is 3.11. The van der Waals surface area contributed by atoms with Crippen molar-refractivity contribution in [3.05, 3.63) is 29.8 Å². The van der Waals surface area contributed by atoms with E-state index in [1.165, 1.54) is 0 Å². The van der Waals surface area contributed by atoms with Gasteiger partial charge in [0.15, 0.2) is 0 Å². The van der Waals surface area contributed by atoms with E-state index < -0.39 is 0 Å². The van der Waals surface area contributed by atoms with Crippen molar-refractivity contribution in [2.24, 2.45) is 0 Å². The monoisotopic (exact) mass is 312 g/mol. The van der Waals surface area contributed by atoms with Crippen molar-refractivity contribution in [1.29, 1.82) is 0 Å². The number of halogens is 1. The number of piperazine rings is 1. The van der Waals surface area contributed by atoms with Crippen LogP contribution in [0.5, 0.6) is 5.75 Å². The number of carbonyl (C=O) groups is 1. The third-order valence-corrected chi connectivity index (χ3v) is 3.34. The maximum Gasteiger partial charge on any atom is 0.253 e. The van der Waals surface area contributed by atoms with Gasteiger partial charge in [0.05, 0.1) is 0 Å². The number of hydrogen-bond acceptors (Lipinski definition) is 3. The molecule has 1 aromatic carbocycles. The van der Waals surface area contributed by atoms with E-state index in [4.69, 9.17) is 4.74 Å². The van der Waals surface area contributed by atoms with Crippen LogP contribution in [-0.4, -0.2) is 54.4 Å². The Morgan fingerprint density at radius 2 is 1.83 bits per heavy atom. The molecule has 5 heteroatoms. The van der Waals surface area contributed by atoms with E-state index in [9.17, 15) is 4.79 Å². The molecule has 1 aliphatic rings. The zero-order chi connectivity index (χ0) is 13.0. The molecule has 1 aliphatic heterocycles. The van der Waals surface area contributed by atoms with Crippen LogP contribution < -0.4 is 4.74 Å². The van der Waals surface area contributed by atoms with E-state index in [0.717, 1.165) is 37.5 Å². The summed E-state index contributed by atoms with van der Waals surface area (Å²) in [5.74, 6) is 0.871. The van der Waals surface area contributed by atoms with Gasteiger partial charge < -0.3 is 14.5 Å². The summed E-state index contributed by atoms with van der Waals surface area (Å²) in [7, 11) is 2.08. The lowest BCUT2D eigenvalue weighted by Crippen LogP contribution is -2.47. The van der Waals surface area contributed by atoms with Crippen LogP contribution in [0.1, 0.15) is 10.4 Å². The van der Waals surface area contributed by atoms with Gasteiger partial charge in [-0.25, -0.2) is 0 Å². The lowest BCUT2D eigenvalue weighted by atomic mass is 10.1. The van der Waals surface area contributed by atoms with Gasteiger partial charge in [0, 0.05) is 31.7 Å². The second-order valence-corrected chi connectivity index (χ2v) is 4.83. The Labute approximate surface area is 116 Å². The van der Waals surface area contributed by atoms with E-state index >= 15 is 0 Å². The standard InChI is InChI=1S/C13H17BrN2O2/c1-15-6-8-16(9-7-15)13(17)11-2-4-12(5-3-11)18-10-14/h2-5H,6-10H2,1H3. The summed E-state index contributed by atoms with van der Waals surface area (Å²) >= 11 is 3.20. The Kier molecular flexibility index (Phi) is 4.60. The Balaban J connectivity index is 2.00. The molecule has 2 rings (SSSR count). The zero-order valence-corrected chi connectivity index (χ0v) is 12.0. The zero-order valence-electron chi connectivity index (χ0n) is 10.4. The number of alkyl halides is 1. The van der Waals surface area contributed by atoms with Crippen LogP contribution in [0.2, 0.25) is 0 Å². The summed E-state index contributed by atoms with van der Waals surface area (Å²) in [4.78, 5) is 16.4. The number of benzene rings is 1. The molecule has 1 heterocycles. The molecule has 0 aliphatic carbocycles. The molecule has 1 saturated heterocycles. The molecule has 0 N–H and O–H groups in total. The summed E-state index contributed by atoms with van der Waals surface area (Å²) in [6, 6.07) is 7.28. The Morgan fingerprint density at radius 3 is 2.39 bits per heavy atom.